The van der Waals surface area contributed by atoms with Gasteiger partial charge in [-0.3, -0.25) is 4.79 Å². The SMILES string of the molecule is CCC1(CNc2sc(C(=O)C(C)C)c(N)c2OC)CCC1. The number of methoxy groups -OCH3 is 1. The van der Waals surface area contributed by atoms with Crippen LogP contribution in [0.1, 0.15) is 56.1 Å². The van der Waals surface area contributed by atoms with Crippen LogP contribution in [0, 0.1) is 11.3 Å². The van der Waals surface area contributed by atoms with Crippen LogP contribution in [0.5, 0.6) is 5.75 Å². The summed E-state index contributed by atoms with van der Waals surface area (Å²) in [6, 6.07) is 0. The van der Waals surface area contributed by atoms with Crippen LogP contribution in [0.4, 0.5) is 10.7 Å². The fourth-order valence-corrected chi connectivity index (χ4v) is 3.97. The van der Waals surface area contributed by atoms with Crippen molar-refractivity contribution in [1.82, 2.24) is 0 Å². The summed E-state index contributed by atoms with van der Waals surface area (Å²) in [5.74, 6) is 0.643. The molecule has 0 spiro atoms. The van der Waals surface area contributed by atoms with Crippen molar-refractivity contribution in [2.45, 2.75) is 46.5 Å². The van der Waals surface area contributed by atoms with Crippen molar-refractivity contribution in [3.8, 4) is 5.75 Å². The smallest absolute Gasteiger partial charge is 0.177 e. The Hall–Kier alpha value is -1.23. The number of hydrogen-bond donors (Lipinski definition) is 2. The lowest BCUT2D eigenvalue weighted by Gasteiger charge is -2.41. The van der Waals surface area contributed by atoms with E-state index in [-0.39, 0.29) is 11.7 Å². The van der Waals surface area contributed by atoms with E-state index in [1.54, 1.807) is 7.11 Å². The first-order valence-corrected chi connectivity index (χ1v) is 8.50. The van der Waals surface area contributed by atoms with Gasteiger partial charge in [-0.1, -0.05) is 27.2 Å². The largest absolute Gasteiger partial charge is 0.492 e. The minimum atomic E-state index is -0.0582. The Kier molecular flexibility index (Phi) is 4.81. The molecule has 1 aliphatic rings. The number of nitrogen functional groups attached to an aromatic ring is 1. The molecule has 1 aromatic heterocycles. The van der Waals surface area contributed by atoms with Crippen molar-refractivity contribution in [3.63, 3.8) is 0 Å². The molecule has 0 aliphatic heterocycles. The van der Waals surface area contributed by atoms with Gasteiger partial charge in [0, 0.05) is 12.5 Å². The highest BCUT2D eigenvalue weighted by Crippen LogP contribution is 2.47. The van der Waals surface area contributed by atoms with Gasteiger partial charge in [0.25, 0.3) is 0 Å². The Morgan fingerprint density at radius 3 is 2.57 bits per heavy atom. The fraction of sp³-hybridized carbons (Fsp3) is 0.688. The second-order valence-electron chi connectivity index (χ2n) is 6.29. The van der Waals surface area contributed by atoms with Crippen molar-refractivity contribution in [3.05, 3.63) is 4.88 Å². The van der Waals surface area contributed by atoms with Gasteiger partial charge in [0.1, 0.15) is 5.00 Å². The molecule has 1 saturated carbocycles. The van der Waals surface area contributed by atoms with Crippen molar-refractivity contribution >= 4 is 27.8 Å². The molecule has 0 atom stereocenters. The predicted octanol–water partition coefficient (Wildman–Crippen LogP) is 4.17. The summed E-state index contributed by atoms with van der Waals surface area (Å²) in [6.45, 7) is 6.95. The van der Waals surface area contributed by atoms with Crippen LogP contribution >= 0.6 is 11.3 Å². The maximum atomic E-state index is 12.2. The minimum absolute atomic E-state index is 0.0582. The number of Topliss-reactive ketones (excluding diaryl/α,β-unsaturated/α-hetero) is 1. The summed E-state index contributed by atoms with van der Waals surface area (Å²) in [7, 11) is 1.60. The number of rotatable bonds is 7. The van der Waals surface area contributed by atoms with Crippen LogP contribution in [-0.4, -0.2) is 19.4 Å². The van der Waals surface area contributed by atoms with E-state index in [0.717, 1.165) is 11.5 Å². The Labute approximate surface area is 131 Å². The number of ketones is 1. The van der Waals surface area contributed by atoms with Crippen LogP contribution < -0.4 is 15.8 Å². The lowest BCUT2D eigenvalue weighted by Crippen LogP contribution is -2.35. The van der Waals surface area contributed by atoms with Gasteiger partial charge < -0.3 is 15.8 Å². The van der Waals surface area contributed by atoms with Gasteiger partial charge in [0.15, 0.2) is 11.5 Å². The van der Waals surface area contributed by atoms with Crippen molar-refractivity contribution < 1.29 is 9.53 Å². The number of nitrogens with two attached hydrogens (primary N) is 1. The number of carbonyl (C=O) groups excluding carboxylic acids is 1. The van der Waals surface area contributed by atoms with Gasteiger partial charge in [-0.15, -0.1) is 11.3 Å². The van der Waals surface area contributed by atoms with Crippen LogP contribution in [0.25, 0.3) is 0 Å². The van der Waals surface area contributed by atoms with E-state index >= 15 is 0 Å². The standard InChI is InChI=1S/C16H26N2O2S/c1-5-16(7-6-8-16)9-18-15-13(20-4)11(17)14(21-15)12(19)10(2)3/h10,18H,5-9,17H2,1-4H3. The fourth-order valence-electron chi connectivity index (χ4n) is 2.79. The minimum Gasteiger partial charge on any atom is -0.492 e. The number of ether oxygens (including phenoxy) is 1. The van der Waals surface area contributed by atoms with Crippen LogP contribution in [-0.2, 0) is 0 Å². The first kappa shape index (κ1) is 16.1. The van der Waals surface area contributed by atoms with Crippen LogP contribution in [0.15, 0.2) is 0 Å². The molecule has 2 rings (SSSR count). The molecule has 5 heteroatoms. The summed E-state index contributed by atoms with van der Waals surface area (Å²) in [5.41, 5.74) is 6.98. The zero-order valence-corrected chi connectivity index (χ0v) is 14.2. The second kappa shape index (κ2) is 6.26. The molecular formula is C16H26N2O2S. The van der Waals surface area contributed by atoms with Crippen LogP contribution in [0.3, 0.4) is 0 Å². The summed E-state index contributed by atoms with van der Waals surface area (Å²) < 4.78 is 5.41. The zero-order valence-electron chi connectivity index (χ0n) is 13.4. The zero-order chi connectivity index (χ0) is 15.6. The van der Waals surface area contributed by atoms with E-state index in [9.17, 15) is 4.79 Å². The quantitative estimate of drug-likeness (QED) is 0.742. The highest BCUT2D eigenvalue weighted by Gasteiger charge is 2.35. The molecule has 21 heavy (non-hydrogen) atoms. The van der Waals surface area contributed by atoms with Crippen molar-refractivity contribution in [1.29, 1.82) is 0 Å². The van der Waals surface area contributed by atoms with E-state index < -0.39 is 0 Å². The average Bonchev–Trinajstić information content (AvgIpc) is 2.73. The van der Waals surface area contributed by atoms with Crippen LogP contribution in [0.2, 0.25) is 0 Å². The molecule has 0 amide bonds. The molecule has 3 N–H and O–H groups in total. The number of anilines is 2. The van der Waals surface area contributed by atoms with Gasteiger partial charge in [0.2, 0.25) is 0 Å². The second-order valence-corrected chi connectivity index (χ2v) is 7.31. The first-order valence-electron chi connectivity index (χ1n) is 7.68. The maximum Gasteiger partial charge on any atom is 0.177 e. The van der Waals surface area contributed by atoms with E-state index in [1.165, 1.54) is 37.0 Å². The van der Waals surface area contributed by atoms with Gasteiger partial charge in [-0.2, -0.15) is 0 Å². The number of nitrogens with one attached hydrogen (secondary N) is 1. The molecule has 1 aliphatic carbocycles. The molecule has 118 valence electrons. The number of carbonyl (C=O) groups is 1. The maximum absolute atomic E-state index is 12.2. The molecule has 1 heterocycles. The van der Waals surface area contributed by atoms with Crippen molar-refractivity contribution in [2.75, 3.05) is 24.7 Å². The Morgan fingerprint density at radius 1 is 1.48 bits per heavy atom. The molecule has 1 fully saturated rings. The summed E-state index contributed by atoms with van der Waals surface area (Å²) >= 11 is 1.42. The Morgan fingerprint density at radius 2 is 2.14 bits per heavy atom. The third-order valence-corrected chi connectivity index (χ3v) is 5.80. The van der Waals surface area contributed by atoms with Gasteiger partial charge in [-0.25, -0.2) is 0 Å². The summed E-state index contributed by atoms with van der Waals surface area (Å²) in [6.07, 6.45) is 5.05. The molecule has 0 aromatic carbocycles. The highest BCUT2D eigenvalue weighted by molar-refractivity contribution is 7.19. The first-order chi connectivity index (χ1) is 9.94. The predicted molar refractivity (Wildman–Crippen MR) is 89.5 cm³/mol. The third-order valence-electron chi connectivity index (χ3n) is 4.64. The van der Waals surface area contributed by atoms with E-state index in [1.807, 2.05) is 13.8 Å². The topological polar surface area (TPSA) is 64.4 Å². The molecule has 0 bridgehead atoms. The molecule has 0 saturated heterocycles. The molecule has 4 nitrogen and oxygen atoms in total. The third kappa shape index (κ3) is 3.03. The molecular weight excluding hydrogens is 284 g/mol. The van der Waals surface area contributed by atoms with E-state index in [4.69, 9.17) is 10.5 Å². The lowest BCUT2D eigenvalue weighted by atomic mass is 9.67. The van der Waals surface area contributed by atoms with Gasteiger partial charge in [-0.05, 0) is 24.7 Å². The van der Waals surface area contributed by atoms with Crippen molar-refractivity contribution in [2.24, 2.45) is 11.3 Å². The Balaban J connectivity index is 2.19. The average molecular weight is 310 g/mol. The molecule has 0 radical (unpaired) electrons. The monoisotopic (exact) mass is 310 g/mol. The summed E-state index contributed by atoms with van der Waals surface area (Å²) in [4.78, 5) is 12.8. The summed E-state index contributed by atoms with van der Waals surface area (Å²) in [5, 5.41) is 4.36. The number of thiophene rings is 1. The lowest BCUT2D eigenvalue weighted by molar-refractivity contribution is 0.0944. The highest BCUT2D eigenvalue weighted by atomic mass is 32.1. The molecule has 1 aromatic rings. The number of hydrogen-bond acceptors (Lipinski definition) is 5. The van der Waals surface area contributed by atoms with Gasteiger partial charge in [0.05, 0.1) is 17.7 Å². The van der Waals surface area contributed by atoms with Gasteiger partial charge >= 0.3 is 0 Å². The normalized spacial score (nSPS) is 16.6. The molecule has 0 unspecified atom stereocenters. The Bertz CT molecular complexity index is 513. The van der Waals surface area contributed by atoms with E-state index in [0.29, 0.717) is 21.7 Å². The van der Waals surface area contributed by atoms with E-state index in [2.05, 4.69) is 12.2 Å².